The third kappa shape index (κ3) is 4.14. The molecule has 1 aromatic rings. The molecule has 0 aliphatic carbocycles. The normalized spacial score (nSPS) is 13.8. The summed E-state index contributed by atoms with van der Waals surface area (Å²) in [6.45, 7) is 2.21. The van der Waals surface area contributed by atoms with Gasteiger partial charge in [0.15, 0.2) is 0 Å². The van der Waals surface area contributed by atoms with Crippen molar-refractivity contribution in [2.75, 3.05) is 25.2 Å². The van der Waals surface area contributed by atoms with E-state index in [4.69, 9.17) is 0 Å². The van der Waals surface area contributed by atoms with E-state index in [0.717, 1.165) is 0 Å². The van der Waals surface area contributed by atoms with Gasteiger partial charge in [-0.15, -0.1) is 0 Å². The Balaban J connectivity index is 2.60. The first kappa shape index (κ1) is 13.6. The van der Waals surface area contributed by atoms with Crippen molar-refractivity contribution in [2.45, 2.75) is 12.2 Å². The number of nitrogens with one attached hydrogen (secondary N) is 2. The van der Waals surface area contributed by atoms with Crippen LogP contribution in [0.2, 0.25) is 0 Å². The molecule has 1 amide bonds. The highest BCUT2D eigenvalue weighted by Crippen LogP contribution is 2.03. The highest BCUT2D eigenvalue weighted by Gasteiger charge is 2.11. The van der Waals surface area contributed by atoms with Gasteiger partial charge in [-0.1, -0.05) is 6.07 Å². The van der Waals surface area contributed by atoms with Gasteiger partial charge in [0, 0.05) is 35.9 Å². The molecule has 0 fully saturated rings. The van der Waals surface area contributed by atoms with E-state index in [-0.39, 0.29) is 11.2 Å². The zero-order valence-electron chi connectivity index (χ0n) is 10.2. The Kier molecular flexibility index (Phi) is 5.09. The molecular formula is C11H17N3O2S. The Morgan fingerprint density at radius 3 is 2.82 bits per heavy atom. The number of amides is 1. The molecule has 1 rings (SSSR count). The van der Waals surface area contributed by atoms with E-state index in [2.05, 4.69) is 15.6 Å². The highest BCUT2D eigenvalue weighted by molar-refractivity contribution is 7.84. The maximum Gasteiger partial charge on any atom is 0.270 e. The number of pyridine rings is 1. The van der Waals surface area contributed by atoms with Crippen LogP contribution in [0.4, 0.5) is 5.82 Å². The van der Waals surface area contributed by atoms with Gasteiger partial charge in [-0.05, 0) is 19.1 Å². The monoisotopic (exact) mass is 255 g/mol. The van der Waals surface area contributed by atoms with Crippen molar-refractivity contribution >= 4 is 22.5 Å². The molecular weight excluding hydrogens is 238 g/mol. The van der Waals surface area contributed by atoms with Gasteiger partial charge < -0.3 is 10.6 Å². The summed E-state index contributed by atoms with van der Waals surface area (Å²) in [5.41, 5.74) is 0.353. The third-order valence-electron chi connectivity index (χ3n) is 2.35. The molecule has 0 saturated carbocycles. The maximum absolute atomic E-state index is 11.7. The molecule has 94 valence electrons. The van der Waals surface area contributed by atoms with Crippen LogP contribution in [-0.2, 0) is 10.8 Å². The Hall–Kier alpha value is -1.43. The lowest BCUT2D eigenvalue weighted by molar-refractivity contribution is 0.0949. The van der Waals surface area contributed by atoms with Crippen molar-refractivity contribution in [3.8, 4) is 0 Å². The van der Waals surface area contributed by atoms with Crippen LogP contribution in [0.3, 0.4) is 0 Å². The van der Waals surface area contributed by atoms with Gasteiger partial charge in [-0.25, -0.2) is 4.98 Å². The van der Waals surface area contributed by atoms with Crippen LogP contribution in [0, 0.1) is 0 Å². The number of hydrogen-bond acceptors (Lipinski definition) is 4. The summed E-state index contributed by atoms with van der Waals surface area (Å²) >= 11 is 0. The molecule has 2 N–H and O–H groups in total. The standard InChI is InChI=1S/C11H17N3O2S/c1-8(17(3)16)7-13-11(15)9-5-4-6-10(12-2)14-9/h4-6,8H,7H2,1-3H3,(H,12,14)(H,13,15). The minimum absolute atomic E-state index is 0.0635. The fourth-order valence-corrected chi connectivity index (χ4v) is 1.46. The van der Waals surface area contributed by atoms with Gasteiger partial charge in [-0.2, -0.15) is 0 Å². The van der Waals surface area contributed by atoms with Crippen molar-refractivity contribution in [3.05, 3.63) is 23.9 Å². The van der Waals surface area contributed by atoms with Crippen molar-refractivity contribution in [1.82, 2.24) is 10.3 Å². The lowest BCUT2D eigenvalue weighted by Gasteiger charge is -2.10. The van der Waals surface area contributed by atoms with Crippen LogP contribution in [0.1, 0.15) is 17.4 Å². The fourth-order valence-electron chi connectivity index (χ4n) is 1.14. The Morgan fingerprint density at radius 1 is 1.53 bits per heavy atom. The van der Waals surface area contributed by atoms with Gasteiger partial charge in [0.25, 0.3) is 5.91 Å². The summed E-state index contributed by atoms with van der Waals surface area (Å²) in [5.74, 6) is 0.393. The lowest BCUT2D eigenvalue weighted by atomic mass is 10.3. The number of rotatable bonds is 5. The first-order valence-corrected chi connectivity index (χ1v) is 6.92. The third-order valence-corrected chi connectivity index (χ3v) is 3.65. The largest absolute Gasteiger partial charge is 0.373 e. The number of carbonyl (C=O) groups is 1. The molecule has 6 heteroatoms. The Morgan fingerprint density at radius 2 is 2.24 bits per heavy atom. The number of anilines is 1. The second-order valence-corrected chi connectivity index (χ2v) is 5.48. The van der Waals surface area contributed by atoms with E-state index < -0.39 is 10.8 Å². The molecule has 0 saturated heterocycles. The SMILES string of the molecule is CNc1cccc(C(=O)NCC(C)S(C)=O)n1. The smallest absolute Gasteiger partial charge is 0.270 e. The molecule has 1 heterocycles. The average molecular weight is 255 g/mol. The minimum atomic E-state index is -0.937. The molecule has 2 unspecified atom stereocenters. The predicted molar refractivity (Wildman–Crippen MR) is 69.6 cm³/mol. The van der Waals surface area contributed by atoms with Gasteiger partial charge in [0.2, 0.25) is 0 Å². The summed E-state index contributed by atoms with van der Waals surface area (Å²) in [4.78, 5) is 15.9. The van der Waals surface area contributed by atoms with Crippen LogP contribution in [0.5, 0.6) is 0 Å². The second kappa shape index (κ2) is 6.34. The number of hydrogen-bond donors (Lipinski definition) is 2. The van der Waals surface area contributed by atoms with Crippen molar-refractivity contribution in [1.29, 1.82) is 0 Å². The van der Waals surface area contributed by atoms with E-state index in [0.29, 0.717) is 18.1 Å². The van der Waals surface area contributed by atoms with Crippen molar-refractivity contribution in [3.63, 3.8) is 0 Å². The lowest BCUT2D eigenvalue weighted by Crippen LogP contribution is -2.33. The van der Waals surface area contributed by atoms with E-state index >= 15 is 0 Å². The van der Waals surface area contributed by atoms with E-state index in [1.165, 1.54) is 0 Å². The molecule has 0 aliphatic rings. The quantitative estimate of drug-likeness (QED) is 0.809. The first-order chi connectivity index (χ1) is 8.04. The summed E-state index contributed by atoms with van der Waals surface area (Å²) < 4.78 is 11.1. The Labute approximate surface area is 103 Å². The Bertz CT molecular complexity index is 423. The summed E-state index contributed by atoms with van der Waals surface area (Å²) in [6, 6.07) is 5.18. The second-order valence-electron chi connectivity index (χ2n) is 3.68. The topological polar surface area (TPSA) is 71.1 Å². The van der Waals surface area contributed by atoms with Gasteiger partial charge >= 0.3 is 0 Å². The molecule has 0 aromatic carbocycles. The summed E-state index contributed by atoms with van der Waals surface area (Å²) in [7, 11) is 0.806. The molecule has 2 atom stereocenters. The average Bonchev–Trinajstić information content (AvgIpc) is 2.35. The van der Waals surface area contributed by atoms with Crippen molar-refractivity contribution in [2.24, 2.45) is 0 Å². The van der Waals surface area contributed by atoms with Crippen LogP contribution in [0.25, 0.3) is 0 Å². The van der Waals surface area contributed by atoms with Gasteiger partial charge in [0.05, 0.1) is 0 Å². The molecule has 0 bridgehead atoms. The van der Waals surface area contributed by atoms with Crippen LogP contribution < -0.4 is 10.6 Å². The van der Waals surface area contributed by atoms with Crippen molar-refractivity contribution < 1.29 is 9.00 Å². The maximum atomic E-state index is 11.7. The number of nitrogens with zero attached hydrogens (tertiary/aromatic N) is 1. The summed E-state index contributed by atoms with van der Waals surface area (Å²) in [5, 5.41) is 5.51. The number of carbonyl (C=O) groups excluding carboxylic acids is 1. The molecule has 0 radical (unpaired) electrons. The predicted octanol–water partition coefficient (Wildman–Crippen LogP) is 0.620. The van der Waals surface area contributed by atoms with Crippen LogP contribution in [-0.4, -0.2) is 40.2 Å². The summed E-state index contributed by atoms with van der Waals surface area (Å²) in [6.07, 6.45) is 1.62. The zero-order valence-corrected chi connectivity index (χ0v) is 11.0. The van der Waals surface area contributed by atoms with Crippen LogP contribution in [0.15, 0.2) is 18.2 Å². The van der Waals surface area contributed by atoms with Gasteiger partial charge in [-0.3, -0.25) is 9.00 Å². The molecule has 0 aliphatic heterocycles. The molecule has 17 heavy (non-hydrogen) atoms. The van der Waals surface area contributed by atoms with Crippen LogP contribution >= 0.6 is 0 Å². The zero-order chi connectivity index (χ0) is 12.8. The fraction of sp³-hybridized carbons (Fsp3) is 0.455. The highest BCUT2D eigenvalue weighted by atomic mass is 32.2. The molecule has 1 aromatic heterocycles. The van der Waals surface area contributed by atoms with E-state index in [9.17, 15) is 9.00 Å². The van der Waals surface area contributed by atoms with E-state index in [1.807, 2.05) is 6.92 Å². The van der Waals surface area contributed by atoms with Gasteiger partial charge in [0.1, 0.15) is 11.5 Å². The van der Waals surface area contributed by atoms with E-state index in [1.54, 1.807) is 31.5 Å². The minimum Gasteiger partial charge on any atom is -0.373 e. The molecule has 5 nitrogen and oxygen atoms in total. The molecule has 0 spiro atoms. The number of aromatic nitrogens is 1. The first-order valence-electron chi connectivity index (χ1n) is 5.30.